The van der Waals surface area contributed by atoms with Crippen LogP contribution >= 0.6 is 0 Å². The Hall–Kier alpha value is -2.89. The Kier molecular flexibility index (Phi) is 3.97. The van der Waals surface area contributed by atoms with Crippen LogP contribution in [0.2, 0.25) is 0 Å². The molecule has 3 rings (SSSR count). The molecule has 0 saturated carbocycles. The predicted octanol–water partition coefficient (Wildman–Crippen LogP) is 4.72. The van der Waals surface area contributed by atoms with E-state index in [0.29, 0.717) is 22.8 Å². The highest BCUT2D eigenvalue weighted by atomic mass is 19.4. The molecule has 2 N–H and O–H groups in total. The van der Waals surface area contributed by atoms with Crippen molar-refractivity contribution < 1.29 is 13.2 Å². The fraction of sp³-hybridized carbons (Fsp3) is 0.111. The van der Waals surface area contributed by atoms with Gasteiger partial charge in [0.25, 0.3) is 0 Å². The van der Waals surface area contributed by atoms with Crippen molar-refractivity contribution in [3.63, 3.8) is 0 Å². The zero-order valence-electron chi connectivity index (χ0n) is 12.8. The molecule has 1 heterocycles. The number of hydrogen-bond acceptors (Lipinski definition) is 3. The maximum absolute atomic E-state index is 12.7. The maximum atomic E-state index is 12.7. The molecule has 0 saturated heterocycles. The summed E-state index contributed by atoms with van der Waals surface area (Å²) in [4.78, 5) is 8.78. The molecule has 0 spiro atoms. The average molecular weight is 329 g/mol. The van der Waals surface area contributed by atoms with Gasteiger partial charge in [-0.25, -0.2) is 9.97 Å². The fourth-order valence-electron chi connectivity index (χ4n) is 2.31. The van der Waals surface area contributed by atoms with E-state index >= 15 is 0 Å². The Morgan fingerprint density at radius 1 is 0.833 bits per heavy atom. The molecule has 0 aliphatic carbocycles. The van der Waals surface area contributed by atoms with Crippen LogP contribution in [0.1, 0.15) is 11.3 Å². The molecule has 122 valence electrons. The average Bonchev–Trinajstić information content (AvgIpc) is 2.54. The molecule has 0 radical (unpaired) electrons. The monoisotopic (exact) mass is 329 g/mol. The number of nitrogens with zero attached hydrogens (tertiary/aromatic N) is 2. The van der Waals surface area contributed by atoms with Crippen molar-refractivity contribution in [2.45, 2.75) is 13.1 Å². The second kappa shape index (κ2) is 5.96. The molecule has 2 aromatic carbocycles. The molecule has 0 bridgehead atoms. The lowest BCUT2D eigenvalue weighted by Crippen LogP contribution is -2.04. The summed E-state index contributed by atoms with van der Waals surface area (Å²) < 4.78 is 38.0. The molecular weight excluding hydrogens is 315 g/mol. The summed E-state index contributed by atoms with van der Waals surface area (Å²) in [7, 11) is 0. The minimum Gasteiger partial charge on any atom is -0.399 e. The fourth-order valence-corrected chi connectivity index (χ4v) is 2.31. The normalized spacial score (nSPS) is 11.5. The minimum atomic E-state index is -4.36. The number of halogens is 3. The smallest absolute Gasteiger partial charge is 0.399 e. The van der Waals surface area contributed by atoms with Gasteiger partial charge in [-0.05, 0) is 37.3 Å². The predicted molar refractivity (Wildman–Crippen MR) is 87.1 cm³/mol. The highest BCUT2D eigenvalue weighted by Gasteiger charge is 2.30. The van der Waals surface area contributed by atoms with Crippen molar-refractivity contribution in [3.05, 3.63) is 65.9 Å². The van der Waals surface area contributed by atoms with Crippen LogP contribution in [0.25, 0.3) is 22.6 Å². The summed E-state index contributed by atoms with van der Waals surface area (Å²) in [6, 6.07) is 13.9. The number of hydrogen-bond donors (Lipinski definition) is 1. The Bertz CT molecular complexity index is 854. The first-order valence-electron chi connectivity index (χ1n) is 7.22. The van der Waals surface area contributed by atoms with E-state index in [1.54, 1.807) is 12.1 Å². The molecule has 0 fully saturated rings. The van der Waals surface area contributed by atoms with Gasteiger partial charge in [0.15, 0.2) is 5.82 Å². The Morgan fingerprint density at radius 3 is 2.00 bits per heavy atom. The quantitative estimate of drug-likeness (QED) is 0.692. The van der Waals surface area contributed by atoms with E-state index in [0.717, 1.165) is 23.4 Å². The topological polar surface area (TPSA) is 51.8 Å². The van der Waals surface area contributed by atoms with E-state index in [-0.39, 0.29) is 0 Å². The van der Waals surface area contributed by atoms with Crippen molar-refractivity contribution in [2.24, 2.45) is 0 Å². The summed E-state index contributed by atoms with van der Waals surface area (Å²) >= 11 is 0. The van der Waals surface area contributed by atoms with E-state index in [1.807, 2.05) is 25.1 Å². The second-order valence-electron chi connectivity index (χ2n) is 5.42. The molecule has 0 aliphatic rings. The first kappa shape index (κ1) is 16.0. The van der Waals surface area contributed by atoms with Gasteiger partial charge in [0.2, 0.25) is 0 Å². The first-order valence-corrected chi connectivity index (χ1v) is 7.22. The summed E-state index contributed by atoms with van der Waals surface area (Å²) in [5.41, 5.74) is 8.44. The van der Waals surface area contributed by atoms with Crippen LogP contribution in [0.5, 0.6) is 0 Å². The van der Waals surface area contributed by atoms with Crippen molar-refractivity contribution in [3.8, 4) is 22.6 Å². The standard InChI is InChI=1S/C18H14F3N3/c1-11-10-16(12-4-8-15(22)9-5-12)24-17(23-11)13-2-6-14(7-3-13)18(19,20)21/h2-10H,22H2,1H3. The van der Waals surface area contributed by atoms with Gasteiger partial charge in [0.05, 0.1) is 11.3 Å². The first-order chi connectivity index (χ1) is 11.3. The second-order valence-corrected chi connectivity index (χ2v) is 5.42. The molecular formula is C18H14F3N3. The van der Waals surface area contributed by atoms with E-state index in [9.17, 15) is 13.2 Å². The van der Waals surface area contributed by atoms with Gasteiger partial charge < -0.3 is 5.73 Å². The molecule has 24 heavy (non-hydrogen) atoms. The maximum Gasteiger partial charge on any atom is 0.416 e. The van der Waals surface area contributed by atoms with Crippen molar-refractivity contribution in [1.82, 2.24) is 9.97 Å². The lowest BCUT2D eigenvalue weighted by molar-refractivity contribution is -0.137. The molecule has 1 aromatic heterocycles. The SMILES string of the molecule is Cc1cc(-c2ccc(N)cc2)nc(-c2ccc(C(F)(F)F)cc2)n1. The molecule has 3 aromatic rings. The van der Waals surface area contributed by atoms with E-state index in [4.69, 9.17) is 5.73 Å². The lowest BCUT2D eigenvalue weighted by Gasteiger charge is -2.09. The Morgan fingerprint density at radius 2 is 1.42 bits per heavy atom. The van der Waals surface area contributed by atoms with Crippen LogP contribution in [0, 0.1) is 6.92 Å². The Labute approximate surface area is 137 Å². The van der Waals surface area contributed by atoms with Gasteiger partial charge in [-0.1, -0.05) is 24.3 Å². The summed E-state index contributed by atoms with van der Waals surface area (Å²) in [5, 5.41) is 0. The van der Waals surface area contributed by atoms with Crippen LogP contribution < -0.4 is 5.73 Å². The molecule has 0 unspecified atom stereocenters. The van der Waals surface area contributed by atoms with Crippen molar-refractivity contribution in [1.29, 1.82) is 0 Å². The van der Waals surface area contributed by atoms with Gasteiger partial charge in [-0.15, -0.1) is 0 Å². The van der Waals surface area contributed by atoms with Crippen LogP contribution in [-0.2, 0) is 6.18 Å². The van der Waals surface area contributed by atoms with Gasteiger partial charge in [0, 0.05) is 22.5 Å². The van der Waals surface area contributed by atoms with Crippen LogP contribution in [0.4, 0.5) is 18.9 Å². The number of aromatic nitrogens is 2. The van der Waals surface area contributed by atoms with Crippen molar-refractivity contribution in [2.75, 3.05) is 5.73 Å². The number of rotatable bonds is 2. The zero-order chi connectivity index (χ0) is 17.3. The number of nitrogen functional groups attached to an aromatic ring is 1. The van der Waals surface area contributed by atoms with Gasteiger partial charge in [-0.2, -0.15) is 13.2 Å². The van der Waals surface area contributed by atoms with Crippen molar-refractivity contribution >= 4 is 5.69 Å². The van der Waals surface area contributed by atoms with E-state index in [2.05, 4.69) is 9.97 Å². The third kappa shape index (κ3) is 3.37. The zero-order valence-corrected chi connectivity index (χ0v) is 12.8. The van der Waals surface area contributed by atoms with E-state index < -0.39 is 11.7 Å². The number of aryl methyl sites for hydroxylation is 1. The highest BCUT2D eigenvalue weighted by molar-refractivity contribution is 5.65. The summed E-state index contributed by atoms with van der Waals surface area (Å²) in [6.45, 7) is 1.82. The minimum absolute atomic E-state index is 0.385. The third-order valence-corrected chi connectivity index (χ3v) is 3.53. The highest BCUT2D eigenvalue weighted by Crippen LogP contribution is 2.31. The molecule has 6 heteroatoms. The van der Waals surface area contributed by atoms with Gasteiger partial charge in [-0.3, -0.25) is 0 Å². The third-order valence-electron chi connectivity index (χ3n) is 3.53. The molecule has 3 nitrogen and oxygen atoms in total. The molecule has 0 atom stereocenters. The van der Waals surface area contributed by atoms with Crippen LogP contribution in [0.3, 0.4) is 0 Å². The summed E-state index contributed by atoms with van der Waals surface area (Å²) in [6.07, 6.45) is -4.36. The molecule has 0 aliphatic heterocycles. The van der Waals surface area contributed by atoms with Gasteiger partial charge >= 0.3 is 6.18 Å². The number of alkyl halides is 3. The number of anilines is 1. The van der Waals surface area contributed by atoms with Gasteiger partial charge in [0.1, 0.15) is 0 Å². The lowest BCUT2D eigenvalue weighted by atomic mass is 10.1. The largest absolute Gasteiger partial charge is 0.416 e. The van der Waals surface area contributed by atoms with Crippen LogP contribution in [-0.4, -0.2) is 9.97 Å². The molecule has 0 amide bonds. The Balaban J connectivity index is 2.01. The van der Waals surface area contributed by atoms with Crippen LogP contribution in [0.15, 0.2) is 54.6 Å². The number of nitrogens with two attached hydrogens (primary N) is 1. The van der Waals surface area contributed by atoms with E-state index in [1.165, 1.54) is 12.1 Å². The number of benzene rings is 2. The summed E-state index contributed by atoms with van der Waals surface area (Å²) in [5.74, 6) is 0.385.